The van der Waals surface area contributed by atoms with Gasteiger partial charge in [-0.25, -0.2) is 38.5 Å². The van der Waals surface area contributed by atoms with Crippen LogP contribution in [0.2, 0.25) is 0 Å². The molecular formula is C36H49N9O17P2S2. The Kier molecular flexibility index (Phi) is 16.2. The van der Waals surface area contributed by atoms with Gasteiger partial charge >= 0.3 is 33.4 Å². The Morgan fingerprint density at radius 2 is 1.58 bits per heavy atom. The molecule has 9 N–H and O–H groups in total. The number of amides is 1. The number of anilines is 2. The van der Waals surface area contributed by atoms with Gasteiger partial charge in [0.05, 0.1) is 19.5 Å². The van der Waals surface area contributed by atoms with Crippen LogP contribution in [-0.4, -0.2) is 144 Å². The number of likely N-dealkylation sites (N-methyl/N-ethyl adjacent to an activating group) is 1. The quantitative estimate of drug-likeness (QED) is 0.0421. The summed E-state index contributed by atoms with van der Waals surface area (Å²) in [7, 11) is -6.60. The Hall–Kier alpha value is -4.25. The number of aliphatic hydroxyl groups excluding tert-OH is 2. The number of phosphoric acid groups is 2. The molecule has 1 amide bonds. The molecule has 5 heterocycles. The molecule has 2 aliphatic heterocycles. The summed E-state index contributed by atoms with van der Waals surface area (Å²) >= 11 is 0. The van der Waals surface area contributed by atoms with Crippen LogP contribution in [0.3, 0.4) is 0 Å². The second-order valence-corrected chi connectivity index (χ2v) is 21.7. The molecule has 6 rings (SSSR count). The van der Waals surface area contributed by atoms with Gasteiger partial charge in [-0.1, -0.05) is 72.2 Å². The number of aryl methyl sites for hydroxylation is 1. The first-order valence-corrected chi connectivity index (χ1v) is 25.0. The lowest BCUT2D eigenvalue weighted by Gasteiger charge is -2.29. The molecular weight excluding hydrogens is 957 g/mol. The highest BCUT2D eigenvalue weighted by Gasteiger charge is 2.52. The fourth-order valence-corrected chi connectivity index (χ4v) is 10.4. The number of nitrogens with two attached hydrogens (primary N) is 2. The highest BCUT2D eigenvalue weighted by Crippen LogP contribution is 2.50. The number of nitrogens with zero attached hydrogens (tertiary/aromatic N) is 7. The third-order valence-corrected chi connectivity index (χ3v) is 14.6. The summed E-state index contributed by atoms with van der Waals surface area (Å²) in [6.07, 6.45) is -11.4. The van der Waals surface area contributed by atoms with E-state index < -0.39 is 102 Å². The standard InChI is InChI=1S/C36H49N9O17P2S2/c1-18-6-8-19(9-7-18)12-56-35(50)43(5)20(15-65-66-36(2,3)4)33(48)61-27-21(59-32(25(27)46)45-17-41-24-29(38)39-16-40-30(24)45)14-58-64(54,55)62-28-22(13-57-63(51,52)53)60-31(26(28)47)44-11-10-23(37)42-34(44)49/h6-11,16-17,20-22,25-28,31-32,46-47H,12-15H2,1-5H3,(H,54,55)(H2,37,42,49)(H2,38,39,40)(H2,51,52,53)/t20-,21+,22+,25+,26+,27+,28+,31+,32+/m0/s1. The van der Waals surface area contributed by atoms with E-state index in [2.05, 4.69) is 24.5 Å². The number of imidazole rings is 1. The molecule has 1 aromatic carbocycles. The van der Waals surface area contributed by atoms with E-state index in [0.29, 0.717) is 5.56 Å². The van der Waals surface area contributed by atoms with Crippen LogP contribution in [0.15, 0.2) is 54.0 Å². The number of aliphatic hydroxyl groups is 2. The maximum absolute atomic E-state index is 14.2. The summed E-state index contributed by atoms with van der Waals surface area (Å²) in [6, 6.07) is 7.11. The number of phosphoric ester groups is 2. The fraction of sp³-hybridized carbons (Fsp3) is 0.528. The van der Waals surface area contributed by atoms with Crippen LogP contribution in [0.25, 0.3) is 11.2 Å². The molecule has 26 nitrogen and oxygen atoms in total. The molecule has 0 spiro atoms. The SMILES string of the molecule is Cc1ccc(COC(=O)N(C)[C@@H](CSSC(C)(C)C)C(=O)O[C@H]2[C@@H](O)[C@H](n3cnc4c(N)ncnc43)O[C@@H]2COP(=O)(O)O[C@H]2[C@@H](O)[C@H](n3ccc(N)nc3=O)O[C@@H]2COP(=O)(O)O)cc1. The van der Waals surface area contributed by atoms with Crippen molar-refractivity contribution < 1.29 is 76.1 Å². The number of carbonyl (C=O) groups excluding carboxylic acids is 2. The first-order valence-electron chi connectivity index (χ1n) is 19.7. The smallest absolute Gasteiger partial charge is 0.455 e. The molecule has 4 aromatic rings. The van der Waals surface area contributed by atoms with Crippen LogP contribution in [0.4, 0.5) is 16.4 Å². The van der Waals surface area contributed by atoms with Crippen molar-refractivity contribution >= 4 is 72.1 Å². The fourth-order valence-electron chi connectivity index (χ4n) is 6.53. The molecule has 30 heteroatoms. The van der Waals surface area contributed by atoms with Crippen molar-refractivity contribution in [3.8, 4) is 0 Å². The van der Waals surface area contributed by atoms with Gasteiger partial charge in [-0.05, 0) is 18.6 Å². The highest BCUT2D eigenvalue weighted by atomic mass is 33.1. The van der Waals surface area contributed by atoms with E-state index in [1.165, 1.54) is 45.6 Å². The van der Waals surface area contributed by atoms with Crippen LogP contribution < -0.4 is 17.2 Å². The Labute approximate surface area is 383 Å². The molecule has 66 heavy (non-hydrogen) atoms. The van der Waals surface area contributed by atoms with Gasteiger partial charge in [-0.15, -0.1) is 0 Å². The minimum atomic E-state index is -5.44. The summed E-state index contributed by atoms with van der Waals surface area (Å²) in [4.78, 5) is 86.9. The molecule has 362 valence electrons. The zero-order valence-electron chi connectivity index (χ0n) is 35.8. The van der Waals surface area contributed by atoms with Gasteiger partial charge in [-0.2, -0.15) is 4.98 Å². The summed E-state index contributed by atoms with van der Waals surface area (Å²) in [5.74, 6) is -1.26. The molecule has 2 fully saturated rings. The van der Waals surface area contributed by atoms with Gasteiger partial charge < -0.3 is 55.3 Å². The monoisotopic (exact) mass is 1010 g/mol. The van der Waals surface area contributed by atoms with Crippen molar-refractivity contribution in [2.45, 2.75) is 94.2 Å². The van der Waals surface area contributed by atoms with Crippen molar-refractivity contribution in [1.29, 1.82) is 0 Å². The number of esters is 1. The van der Waals surface area contributed by atoms with Crippen LogP contribution >= 0.6 is 37.2 Å². The van der Waals surface area contributed by atoms with Crippen LogP contribution in [0, 0.1) is 6.92 Å². The minimum absolute atomic E-state index is 0.0133. The van der Waals surface area contributed by atoms with Crippen molar-refractivity contribution in [2.24, 2.45) is 0 Å². The number of ether oxygens (including phenoxy) is 4. The number of hydrogen-bond acceptors (Lipinski definition) is 22. The summed E-state index contributed by atoms with van der Waals surface area (Å²) in [5.41, 5.74) is 12.4. The Bertz CT molecular complexity index is 2510. The zero-order valence-corrected chi connectivity index (χ0v) is 39.2. The van der Waals surface area contributed by atoms with Crippen molar-refractivity contribution in [3.05, 3.63) is 70.8 Å². The molecule has 2 aliphatic rings. The molecule has 0 aliphatic carbocycles. The maximum atomic E-state index is 14.2. The first kappa shape index (κ1) is 51.1. The van der Waals surface area contributed by atoms with Gasteiger partial charge in [-0.3, -0.25) is 27.6 Å². The van der Waals surface area contributed by atoms with Gasteiger partial charge in [0.2, 0.25) is 0 Å². The van der Waals surface area contributed by atoms with E-state index in [9.17, 15) is 48.4 Å². The number of carbonyl (C=O) groups is 2. The Morgan fingerprint density at radius 1 is 0.939 bits per heavy atom. The molecule has 1 unspecified atom stereocenters. The van der Waals surface area contributed by atoms with Gasteiger partial charge in [0.1, 0.15) is 60.8 Å². The second-order valence-electron chi connectivity index (χ2n) is 15.9. The lowest BCUT2D eigenvalue weighted by atomic mass is 10.1. The second kappa shape index (κ2) is 20.9. The normalized spacial score (nSPS) is 24.8. The van der Waals surface area contributed by atoms with E-state index >= 15 is 0 Å². The number of hydrogen-bond donors (Lipinski definition) is 7. The molecule has 0 bridgehead atoms. The number of benzene rings is 1. The zero-order chi connectivity index (χ0) is 48.3. The predicted molar refractivity (Wildman–Crippen MR) is 234 cm³/mol. The van der Waals surface area contributed by atoms with Gasteiger partial charge in [0.25, 0.3) is 0 Å². The summed E-state index contributed by atoms with van der Waals surface area (Å²) < 4.78 is 65.2. The maximum Gasteiger partial charge on any atom is 0.472 e. The van der Waals surface area contributed by atoms with Crippen LogP contribution in [-0.2, 0) is 53.1 Å². The Balaban J connectivity index is 1.25. The lowest BCUT2D eigenvalue weighted by molar-refractivity contribution is -0.161. The number of nitrogen functional groups attached to an aromatic ring is 2. The van der Waals surface area contributed by atoms with E-state index in [-0.39, 0.29) is 39.9 Å². The van der Waals surface area contributed by atoms with Crippen LogP contribution in [0.5, 0.6) is 0 Å². The molecule has 10 atom stereocenters. The average molecular weight is 1010 g/mol. The third kappa shape index (κ3) is 12.8. The molecule has 2 saturated heterocycles. The van der Waals surface area contributed by atoms with E-state index in [1.807, 2.05) is 39.8 Å². The summed E-state index contributed by atoms with van der Waals surface area (Å²) in [5, 5.41) is 23.0. The van der Waals surface area contributed by atoms with E-state index in [0.717, 1.165) is 27.6 Å². The first-order chi connectivity index (χ1) is 30.9. The third-order valence-electron chi connectivity index (χ3n) is 9.77. The van der Waals surface area contributed by atoms with Crippen LogP contribution in [0.1, 0.15) is 44.4 Å². The average Bonchev–Trinajstić information content (AvgIpc) is 3.89. The van der Waals surface area contributed by atoms with Crippen molar-refractivity contribution in [3.63, 3.8) is 0 Å². The van der Waals surface area contributed by atoms with Gasteiger partial charge in [0.15, 0.2) is 30.0 Å². The molecule has 0 radical (unpaired) electrons. The van der Waals surface area contributed by atoms with Gasteiger partial charge in [0, 0.05) is 23.7 Å². The number of aromatic nitrogens is 6. The van der Waals surface area contributed by atoms with E-state index in [1.54, 1.807) is 12.1 Å². The predicted octanol–water partition coefficient (Wildman–Crippen LogP) is 1.41. The van der Waals surface area contributed by atoms with Crippen molar-refractivity contribution in [2.75, 3.05) is 37.5 Å². The number of rotatable bonds is 18. The Morgan fingerprint density at radius 3 is 2.23 bits per heavy atom. The highest BCUT2D eigenvalue weighted by molar-refractivity contribution is 8.77. The molecule has 3 aromatic heterocycles. The minimum Gasteiger partial charge on any atom is -0.455 e. The largest absolute Gasteiger partial charge is 0.472 e. The molecule has 0 saturated carbocycles. The van der Waals surface area contributed by atoms with E-state index in [4.69, 9.17) is 39.5 Å². The lowest BCUT2D eigenvalue weighted by Crippen LogP contribution is -2.48. The summed E-state index contributed by atoms with van der Waals surface area (Å²) in [6.45, 7) is 5.64. The number of fused-ring (bicyclic) bond motifs is 1. The topological polar surface area (TPSA) is 368 Å². The van der Waals surface area contributed by atoms with Crippen molar-refractivity contribution in [1.82, 2.24) is 34.0 Å².